The first kappa shape index (κ1) is 10.3. The Balaban J connectivity index is 2.20. The Morgan fingerprint density at radius 1 is 1.77 bits per heavy atom. The maximum absolute atomic E-state index is 10.9. The van der Waals surface area contributed by atoms with Gasteiger partial charge in [0.1, 0.15) is 0 Å². The third-order valence-electron chi connectivity index (χ3n) is 2.34. The van der Waals surface area contributed by atoms with Crippen LogP contribution in [0.1, 0.15) is 19.8 Å². The van der Waals surface area contributed by atoms with Crippen LogP contribution >= 0.6 is 0 Å². The van der Waals surface area contributed by atoms with Crippen molar-refractivity contribution in [1.82, 2.24) is 5.32 Å². The van der Waals surface area contributed by atoms with E-state index >= 15 is 0 Å². The maximum atomic E-state index is 10.9. The zero-order valence-corrected chi connectivity index (χ0v) is 8.08. The van der Waals surface area contributed by atoms with Crippen molar-refractivity contribution in [2.45, 2.75) is 25.9 Å². The Kier molecular flexibility index (Phi) is 3.96. The summed E-state index contributed by atoms with van der Waals surface area (Å²) in [6.45, 7) is 7.04. The van der Waals surface area contributed by atoms with Gasteiger partial charge in [-0.25, -0.2) is 0 Å². The predicted molar refractivity (Wildman–Crippen MR) is 51.3 cm³/mol. The quantitative estimate of drug-likeness (QED) is 0.665. The summed E-state index contributed by atoms with van der Waals surface area (Å²) < 4.78 is 5.41. The zero-order chi connectivity index (χ0) is 9.68. The predicted octanol–water partition coefficient (Wildman–Crippen LogP) is 1.10. The molecule has 0 aromatic rings. The molecule has 1 aliphatic rings. The molecule has 0 radical (unpaired) electrons. The van der Waals surface area contributed by atoms with Crippen LogP contribution in [0, 0.1) is 5.92 Å². The number of hydrogen-bond donors (Lipinski definition) is 1. The molecule has 0 saturated carbocycles. The molecule has 1 aliphatic heterocycles. The molecule has 13 heavy (non-hydrogen) atoms. The molecule has 1 amide bonds. The first-order valence-corrected chi connectivity index (χ1v) is 4.74. The lowest BCUT2D eigenvalue weighted by Crippen LogP contribution is -2.33. The first-order valence-electron chi connectivity index (χ1n) is 4.74. The van der Waals surface area contributed by atoms with Gasteiger partial charge in [-0.15, -0.1) is 0 Å². The Morgan fingerprint density at radius 3 is 3.15 bits per heavy atom. The SMILES string of the molecule is C=CC(=O)NCC1CCOC(C)C1. The number of amides is 1. The van der Waals surface area contributed by atoms with Gasteiger partial charge in [0, 0.05) is 13.2 Å². The standard InChI is InChI=1S/C10H17NO2/c1-3-10(12)11-7-9-4-5-13-8(2)6-9/h3,8-9H,1,4-7H2,2H3,(H,11,12). The molecular weight excluding hydrogens is 166 g/mol. The lowest BCUT2D eigenvalue weighted by molar-refractivity contribution is -0.116. The lowest BCUT2D eigenvalue weighted by Gasteiger charge is -2.27. The van der Waals surface area contributed by atoms with Crippen LogP contribution in [0.25, 0.3) is 0 Å². The van der Waals surface area contributed by atoms with Crippen LogP contribution in [0.5, 0.6) is 0 Å². The normalized spacial score (nSPS) is 28.1. The van der Waals surface area contributed by atoms with E-state index in [9.17, 15) is 4.79 Å². The minimum atomic E-state index is -0.0841. The van der Waals surface area contributed by atoms with E-state index in [4.69, 9.17) is 4.74 Å². The molecule has 1 heterocycles. The maximum Gasteiger partial charge on any atom is 0.243 e. The van der Waals surface area contributed by atoms with Gasteiger partial charge < -0.3 is 10.1 Å². The van der Waals surface area contributed by atoms with Gasteiger partial charge >= 0.3 is 0 Å². The second kappa shape index (κ2) is 5.02. The third kappa shape index (κ3) is 3.59. The van der Waals surface area contributed by atoms with E-state index in [0.29, 0.717) is 12.0 Å². The van der Waals surface area contributed by atoms with Crippen molar-refractivity contribution in [2.75, 3.05) is 13.2 Å². The van der Waals surface area contributed by atoms with Crippen molar-refractivity contribution in [3.63, 3.8) is 0 Å². The Bertz CT molecular complexity index is 191. The number of carbonyl (C=O) groups excluding carboxylic acids is 1. The van der Waals surface area contributed by atoms with Gasteiger partial charge in [-0.05, 0) is 31.8 Å². The van der Waals surface area contributed by atoms with Crippen molar-refractivity contribution >= 4 is 5.91 Å². The van der Waals surface area contributed by atoms with Gasteiger partial charge in [0.05, 0.1) is 6.10 Å². The van der Waals surface area contributed by atoms with Gasteiger partial charge in [-0.3, -0.25) is 4.79 Å². The molecule has 74 valence electrons. The van der Waals surface area contributed by atoms with Crippen molar-refractivity contribution in [3.8, 4) is 0 Å². The molecule has 0 bridgehead atoms. The van der Waals surface area contributed by atoms with E-state index < -0.39 is 0 Å². The van der Waals surface area contributed by atoms with Crippen LogP contribution in [0.2, 0.25) is 0 Å². The molecule has 1 N–H and O–H groups in total. The highest BCUT2D eigenvalue weighted by molar-refractivity contribution is 5.86. The van der Waals surface area contributed by atoms with E-state index in [1.54, 1.807) is 0 Å². The van der Waals surface area contributed by atoms with Gasteiger partial charge in [-0.2, -0.15) is 0 Å². The van der Waals surface area contributed by atoms with E-state index in [1.807, 2.05) is 0 Å². The van der Waals surface area contributed by atoms with Crippen molar-refractivity contribution in [3.05, 3.63) is 12.7 Å². The highest BCUT2D eigenvalue weighted by atomic mass is 16.5. The summed E-state index contributed by atoms with van der Waals surface area (Å²) in [5.41, 5.74) is 0. The van der Waals surface area contributed by atoms with Crippen molar-refractivity contribution in [1.29, 1.82) is 0 Å². The first-order chi connectivity index (χ1) is 6.22. The molecule has 1 saturated heterocycles. The van der Waals surface area contributed by atoms with E-state index in [-0.39, 0.29) is 5.91 Å². The van der Waals surface area contributed by atoms with Crippen LogP contribution in [0.4, 0.5) is 0 Å². The number of carbonyl (C=O) groups is 1. The van der Waals surface area contributed by atoms with Crippen molar-refractivity contribution in [2.24, 2.45) is 5.92 Å². The second-order valence-corrected chi connectivity index (χ2v) is 3.52. The molecule has 0 spiro atoms. The molecule has 0 aliphatic carbocycles. The average molecular weight is 183 g/mol. The second-order valence-electron chi connectivity index (χ2n) is 3.52. The molecule has 3 nitrogen and oxygen atoms in total. The molecule has 1 rings (SSSR count). The molecule has 1 fully saturated rings. The number of ether oxygens (including phenoxy) is 1. The Hall–Kier alpha value is -0.830. The molecule has 3 heteroatoms. The fourth-order valence-corrected chi connectivity index (χ4v) is 1.59. The molecular formula is C10H17NO2. The van der Waals surface area contributed by atoms with Crippen LogP contribution in [-0.4, -0.2) is 25.2 Å². The summed E-state index contributed by atoms with van der Waals surface area (Å²) >= 11 is 0. The smallest absolute Gasteiger partial charge is 0.243 e. The minimum Gasteiger partial charge on any atom is -0.378 e. The van der Waals surface area contributed by atoms with E-state index in [0.717, 1.165) is 26.0 Å². The summed E-state index contributed by atoms with van der Waals surface area (Å²) in [5.74, 6) is 0.479. The summed E-state index contributed by atoms with van der Waals surface area (Å²) in [6.07, 6.45) is 3.72. The molecule has 2 atom stereocenters. The largest absolute Gasteiger partial charge is 0.378 e. The minimum absolute atomic E-state index is 0.0841. The van der Waals surface area contributed by atoms with E-state index in [2.05, 4.69) is 18.8 Å². The molecule has 2 unspecified atom stereocenters. The fourth-order valence-electron chi connectivity index (χ4n) is 1.59. The van der Waals surface area contributed by atoms with Gasteiger partial charge in [-0.1, -0.05) is 6.58 Å². The Labute approximate surface area is 79.2 Å². The topological polar surface area (TPSA) is 38.3 Å². The summed E-state index contributed by atoms with van der Waals surface area (Å²) in [6, 6.07) is 0. The van der Waals surface area contributed by atoms with Crippen LogP contribution in [-0.2, 0) is 9.53 Å². The number of hydrogen-bond acceptors (Lipinski definition) is 2. The van der Waals surface area contributed by atoms with Gasteiger partial charge in [0.25, 0.3) is 0 Å². The number of nitrogens with one attached hydrogen (secondary N) is 1. The molecule has 0 aromatic heterocycles. The van der Waals surface area contributed by atoms with Crippen molar-refractivity contribution < 1.29 is 9.53 Å². The third-order valence-corrected chi connectivity index (χ3v) is 2.34. The zero-order valence-electron chi connectivity index (χ0n) is 8.08. The van der Waals surface area contributed by atoms with Crippen LogP contribution in [0.3, 0.4) is 0 Å². The average Bonchev–Trinajstić information content (AvgIpc) is 2.14. The summed E-state index contributed by atoms with van der Waals surface area (Å²) in [4.78, 5) is 10.9. The molecule has 0 aromatic carbocycles. The number of rotatable bonds is 3. The summed E-state index contributed by atoms with van der Waals surface area (Å²) in [5, 5.41) is 2.81. The lowest BCUT2D eigenvalue weighted by atomic mass is 9.96. The van der Waals surface area contributed by atoms with Crippen LogP contribution < -0.4 is 5.32 Å². The Morgan fingerprint density at radius 2 is 2.54 bits per heavy atom. The highest BCUT2D eigenvalue weighted by Gasteiger charge is 2.19. The fraction of sp³-hybridized carbons (Fsp3) is 0.700. The monoisotopic (exact) mass is 183 g/mol. The van der Waals surface area contributed by atoms with E-state index in [1.165, 1.54) is 6.08 Å². The van der Waals surface area contributed by atoms with Gasteiger partial charge in [0.2, 0.25) is 5.91 Å². The van der Waals surface area contributed by atoms with Gasteiger partial charge in [0.15, 0.2) is 0 Å². The highest BCUT2D eigenvalue weighted by Crippen LogP contribution is 2.18. The summed E-state index contributed by atoms with van der Waals surface area (Å²) in [7, 11) is 0. The van der Waals surface area contributed by atoms with Crippen LogP contribution in [0.15, 0.2) is 12.7 Å².